The molecule has 0 N–H and O–H groups in total. The maximum absolute atomic E-state index is 13.2. The predicted octanol–water partition coefficient (Wildman–Crippen LogP) is 3.98. The number of aryl methyl sites for hydroxylation is 1. The first-order valence-corrected chi connectivity index (χ1v) is 8.52. The lowest BCUT2D eigenvalue weighted by molar-refractivity contribution is 0.0817. The zero-order chi connectivity index (χ0) is 18.3. The highest BCUT2D eigenvalue weighted by molar-refractivity contribution is 6.05. The fourth-order valence-electron chi connectivity index (χ4n) is 3.54. The summed E-state index contributed by atoms with van der Waals surface area (Å²) in [6, 6.07) is 11.6. The Morgan fingerprint density at radius 1 is 1.08 bits per heavy atom. The van der Waals surface area contributed by atoms with E-state index in [1.165, 1.54) is 11.1 Å². The van der Waals surface area contributed by atoms with Gasteiger partial charge in [-0.25, -0.2) is 0 Å². The number of hydrogen-bond acceptors (Lipinski definition) is 4. The lowest BCUT2D eigenvalue weighted by Gasteiger charge is -2.18. The van der Waals surface area contributed by atoms with Gasteiger partial charge in [0.1, 0.15) is 0 Å². The summed E-state index contributed by atoms with van der Waals surface area (Å²) in [5.41, 5.74) is 4.65. The van der Waals surface area contributed by atoms with Crippen LogP contribution in [0.5, 0.6) is 11.5 Å². The Kier molecular flexibility index (Phi) is 3.99. The number of ether oxygens (including phenoxy) is 2. The van der Waals surface area contributed by atoms with Crippen molar-refractivity contribution in [3.05, 3.63) is 59.3 Å². The quantitative estimate of drug-likeness (QED) is 0.843. The third-order valence-corrected chi connectivity index (χ3v) is 4.92. The number of nitrogens with zero attached hydrogens (tertiary/aromatic N) is 2. The van der Waals surface area contributed by atoms with E-state index in [0.717, 1.165) is 12.0 Å². The Morgan fingerprint density at radius 3 is 2.54 bits per heavy atom. The second-order valence-electron chi connectivity index (χ2n) is 6.46. The zero-order valence-electron chi connectivity index (χ0n) is 15.0. The molecule has 0 bridgehead atoms. The Balaban J connectivity index is 1.76. The highest BCUT2D eigenvalue weighted by Crippen LogP contribution is 2.39. The van der Waals surface area contributed by atoms with E-state index in [1.54, 1.807) is 31.3 Å². The van der Waals surface area contributed by atoms with E-state index in [4.69, 9.17) is 9.47 Å². The molecule has 2 aromatic carbocycles. The molecular weight excluding hydrogens is 328 g/mol. The van der Waals surface area contributed by atoms with Crippen LogP contribution >= 0.6 is 0 Å². The highest BCUT2D eigenvalue weighted by Gasteiger charge is 2.33. The van der Waals surface area contributed by atoms with Gasteiger partial charge in [-0.15, -0.1) is 0 Å². The van der Waals surface area contributed by atoms with E-state index in [2.05, 4.69) is 24.0 Å². The summed E-state index contributed by atoms with van der Waals surface area (Å²) in [6.45, 7) is 2.09. The van der Waals surface area contributed by atoms with E-state index in [9.17, 15) is 4.79 Å². The van der Waals surface area contributed by atoms with Crippen LogP contribution < -0.4 is 9.47 Å². The third-order valence-electron chi connectivity index (χ3n) is 4.92. The molecule has 2 aliphatic heterocycles. The van der Waals surface area contributed by atoms with E-state index in [1.807, 2.05) is 24.5 Å². The van der Waals surface area contributed by atoms with Gasteiger partial charge in [-0.2, -0.15) is 0 Å². The van der Waals surface area contributed by atoms with Crippen molar-refractivity contribution >= 4 is 23.4 Å². The molecule has 1 atom stereocenters. The van der Waals surface area contributed by atoms with Gasteiger partial charge < -0.3 is 14.4 Å². The minimum atomic E-state index is -0.0819. The van der Waals surface area contributed by atoms with Crippen LogP contribution in [0.1, 0.15) is 27.9 Å². The van der Waals surface area contributed by atoms with Crippen LogP contribution in [0.3, 0.4) is 0 Å². The molecule has 0 spiro atoms. The molecule has 132 valence electrons. The Hall–Kier alpha value is -3.08. The molecule has 5 heteroatoms. The molecule has 0 radical (unpaired) electrons. The summed E-state index contributed by atoms with van der Waals surface area (Å²) in [6.07, 6.45) is 4.55. The van der Waals surface area contributed by atoms with Crippen LogP contribution in [0.4, 0.5) is 5.69 Å². The second-order valence-corrected chi connectivity index (χ2v) is 6.46. The fourth-order valence-corrected chi connectivity index (χ4v) is 3.54. The second kappa shape index (κ2) is 6.33. The van der Waals surface area contributed by atoms with Gasteiger partial charge in [0.05, 0.1) is 31.5 Å². The van der Waals surface area contributed by atoms with E-state index < -0.39 is 0 Å². The molecule has 2 aromatic rings. The van der Waals surface area contributed by atoms with Crippen LogP contribution in [-0.4, -0.2) is 37.3 Å². The maximum Gasteiger partial charge on any atom is 0.260 e. The summed E-state index contributed by atoms with van der Waals surface area (Å²) in [5.74, 6) is 1.01. The molecule has 0 saturated carbocycles. The predicted molar refractivity (Wildman–Crippen MR) is 101 cm³/mol. The number of hydrogen-bond donors (Lipinski definition) is 0. The first-order valence-electron chi connectivity index (χ1n) is 8.52. The van der Waals surface area contributed by atoms with Gasteiger partial charge in [0.15, 0.2) is 11.5 Å². The topological polar surface area (TPSA) is 51.1 Å². The summed E-state index contributed by atoms with van der Waals surface area (Å²) >= 11 is 0. The number of fused-ring (bicyclic) bond motifs is 2. The van der Waals surface area contributed by atoms with Crippen LogP contribution in [-0.2, 0) is 0 Å². The van der Waals surface area contributed by atoms with Gasteiger partial charge in [-0.1, -0.05) is 24.3 Å². The van der Waals surface area contributed by atoms with Crippen LogP contribution in [0.15, 0.2) is 47.6 Å². The fraction of sp³-hybridized carbons (Fsp3) is 0.238. The number of methoxy groups -OCH3 is 2. The summed E-state index contributed by atoms with van der Waals surface area (Å²) in [4.78, 5) is 19.5. The van der Waals surface area contributed by atoms with Crippen LogP contribution in [0.2, 0.25) is 0 Å². The first-order chi connectivity index (χ1) is 12.6. The number of benzene rings is 2. The lowest BCUT2D eigenvalue weighted by atomic mass is 9.98. The largest absolute Gasteiger partial charge is 0.493 e. The van der Waals surface area contributed by atoms with E-state index >= 15 is 0 Å². The van der Waals surface area contributed by atoms with Crippen LogP contribution in [0, 0.1) is 6.92 Å². The SMILES string of the molecule is COc1cc2c(cc1OC)C(=O)N1C=C(c3ccccc3C)C[C@H]1C=N2. The van der Waals surface area contributed by atoms with Gasteiger partial charge in [0, 0.05) is 24.9 Å². The number of carbonyl (C=O) groups is 1. The Labute approximate surface area is 152 Å². The molecular formula is C21H20N2O3. The molecule has 4 rings (SSSR count). The van der Waals surface area contributed by atoms with Gasteiger partial charge in [-0.05, 0) is 29.7 Å². The van der Waals surface area contributed by atoms with Crippen molar-refractivity contribution in [3.8, 4) is 11.5 Å². The molecule has 5 nitrogen and oxygen atoms in total. The van der Waals surface area contributed by atoms with Crippen molar-refractivity contribution in [1.29, 1.82) is 0 Å². The van der Waals surface area contributed by atoms with Crippen LogP contribution in [0.25, 0.3) is 5.57 Å². The minimum Gasteiger partial charge on any atom is -0.493 e. The van der Waals surface area contributed by atoms with E-state index in [-0.39, 0.29) is 11.9 Å². The molecule has 2 aliphatic rings. The number of carbonyl (C=O) groups excluding carboxylic acids is 1. The number of aliphatic imine (C=N–C) groups is 1. The highest BCUT2D eigenvalue weighted by atomic mass is 16.5. The maximum atomic E-state index is 13.2. The summed E-state index contributed by atoms with van der Waals surface area (Å²) < 4.78 is 10.7. The van der Waals surface area contributed by atoms with Gasteiger partial charge in [0.2, 0.25) is 0 Å². The smallest absolute Gasteiger partial charge is 0.260 e. The zero-order valence-corrected chi connectivity index (χ0v) is 15.0. The molecule has 1 amide bonds. The molecule has 0 aromatic heterocycles. The van der Waals surface area contributed by atoms with Gasteiger partial charge in [0.25, 0.3) is 5.91 Å². The number of rotatable bonds is 3. The Morgan fingerprint density at radius 2 is 1.81 bits per heavy atom. The summed E-state index contributed by atoms with van der Waals surface area (Å²) in [5, 5.41) is 0. The molecule has 26 heavy (non-hydrogen) atoms. The molecule has 0 unspecified atom stereocenters. The number of amides is 1. The van der Waals surface area contributed by atoms with Crippen molar-refractivity contribution in [2.75, 3.05) is 14.2 Å². The Bertz CT molecular complexity index is 946. The molecule has 0 saturated heterocycles. The standard InChI is InChI=1S/C21H20N2O3/c1-13-6-4-5-7-16(13)14-8-15-11-22-18-10-20(26-3)19(25-2)9-17(18)21(24)23(15)12-14/h4-7,9-12,15H,8H2,1-3H3/t15-/m0/s1. The molecule has 0 fully saturated rings. The van der Waals surface area contributed by atoms with Crippen molar-refractivity contribution in [1.82, 2.24) is 4.90 Å². The van der Waals surface area contributed by atoms with Crippen molar-refractivity contribution in [3.63, 3.8) is 0 Å². The van der Waals surface area contributed by atoms with Crippen molar-refractivity contribution in [2.24, 2.45) is 4.99 Å². The van der Waals surface area contributed by atoms with Gasteiger partial charge in [-0.3, -0.25) is 9.79 Å². The lowest BCUT2D eigenvalue weighted by Crippen LogP contribution is -2.32. The normalized spacial score (nSPS) is 18.1. The monoisotopic (exact) mass is 348 g/mol. The van der Waals surface area contributed by atoms with Gasteiger partial charge >= 0.3 is 0 Å². The third kappa shape index (κ3) is 2.56. The average molecular weight is 348 g/mol. The van der Waals surface area contributed by atoms with Crippen molar-refractivity contribution in [2.45, 2.75) is 19.4 Å². The minimum absolute atomic E-state index is 0.0768. The first kappa shape index (κ1) is 16.4. The van der Waals surface area contributed by atoms with Crippen molar-refractivity contribution < 1.29 is 14.3 Å². The average Bonchev–Trinajstić information content (AvgIpc) is 3.04. The molecule has 0 aliphatic carbocycles. The summed E-state index contributed by atoms with van der Waals surface area (Å²) in [7, 11) is 3.13. The van der Waals surface area contributed by atoms with E-state index in [0.29, 0.717) is 22.7 Å². The molecule has 2 heterocycles.